The maximum atomic E-state index is 12.0. The number of aliphatic imine (C=N–C) groups is 1. The number of halogens is 1. The molecule has 0 aliphatic carbocycles. The fourth-order valence-electron chi connectivity index (χ4n) is 2.37. The minimum absolute atomic E-state index is 0. The average molecular weight is 535 g/mol. The van der Waals surface area contributed by atoms with Gasteiger partial charge in [-0.3, -0.25) is 0 Å². The van der Waals surface area contributed by atoms with E-state index in [0.717, 1.165) is 24.9 Å². The molecule has 162 valence electrons. The predicted octanol–water partition coefficient (Wildman–Crippen LogP) is 2.56. The van der Waals surface area contributed by atoms with Gasteiger partial charge in [0, 0.05) is 25.7 Å². The number of benzene rings is 1. The van der Waals surface area contributed by atoms with E-state index in [1.807, 2.05) is 0 Å². The Morgan fingerprint density at radius 3 is 2.48 bits per heavy atom. The average Bonchev–Trinajstić information content (AvgIpc) is 3.16. The first-order valence-electron chi connectivity index (χ1n) is 9.43. The molecule has 0 bridgehead atoms. The molecule has 0 spiro atoms. The van der Waals surface area contributed by atoms with E-state index in [1.165, 1.54) is 17.9 Å². The Morgan fingerprint density at radius 2 is 1.83 bits per heavy atom. The Balaban J connectivity index is 0.00000420. The van der Waals surface area contributed by atoms with E-state index in [0.29, 0.717) is 24.7 Å². The SMILES string of the molecule is CCCCNC(=NCc1ccc(C)cc1)NCCNS(=O)(=O)Cc1ccon1.I. The van der Waals surface area contributed by atoms with E-state index in [9.17, 15) is 8.42 Å². The lowest BCUT2D eigenvalue weighted by Crippen LogP contribution is -2.42. The van der Waals surface area contributed by atoms with E-state index in [1.54, 1.807) is 0 Å². The van der Waals surface area contributed by atoms with Crippen LogP contribution in [0.1, 0.15) is 36.6 Å². The summed E-state index contributed by atoms with van der Waals surface area (Å²) >= 11 is 0. The monoisotopic (exact) mass is 535 g/mol. The van der Waals surface area contributed by atoms with Crippen LogP contribution in [0.2, 0.25) is 0 Å². The summed E-state index contributed by atoms with van der Waals surface area (Å²) in [6.45, 7) is 6.22. The minimum Gasteiger partial charge on any atom is -0.364 e. The lowest BCUT2D eigenvalue weighted by molar-refractivity contribution is 0.413. The van der Waals surface area contributed by atoms with Gasteiger partial charge in [-0.05, 0) is 18.9 Å². The van der Waals surface area contributed by atoms with E-state index >= 15 is 0 Å². The highest BCUT2D eigenvalue weighted by Crippen LogP contribution is 2.04. The van der Waals surface area contributed by atoms with Gasteiger partial charge < -0.3 is 15.2 Å². The van der Waals surface area contributed by atoms with Crippen LogP contribution in [-0.4, -0.2) is 39.2 Å². The molecule has 0 radical (unpaired) electrons. The molecule has 0 atom stereocenters. The lowest BCUT2D eigenvalue weighted by atomic mass is 10.1. The third-order valence-electron chi connectivity index (χ3n) is 3.93. The standard InChI is InChI=1S/C19H29N5O3S.HI/c1-3-4-10-20-19(22-14-17-7-5-16(2)6-8-17)21-11-12-23-28(25,26)15-18-9-13-27-24-18;/h5-9,13,23H,3-4,10-12,14-15H2,1-2H3,(H2,20,21,22);1H. The molecule has 0 unspecified atom stereocenters. The number of guanidine groups is 1. The van der Waals surface area contributed by atoms with Crippen LogP contribution in [0, 0.1) is 6.92 Å². The number of hydrogen-bond acceptors (Lipinski definition) is 5. The Hall–Kier alpha value is -1.66. The largest absolute Gasteiger partial charge is 0.364 e. The summed E-state index contributed by atoms with van der Waals surface area (Å²) in [5, 5.41) is 10.1. The van der Waals surface area contributed by atoms with Crippen molar-refractivity contribution in [2.75, 3.05) is 19.6 Å². The van der Waals surface area contributed by atoms with Crippen LogP contribution in [0.4, 0.5) is 0 Å². The number of nitrogens with one attached hydrogen (secondary N) is 3. The van der Waals surface area contributed by atoms with Crippen LogP contribution in [0.15, 0.2) is 46.1 Å². The van der Waals surface area contributed by atoms with Gasteiger partial charge in [-0.1, -0.05) is 48.3 Å². The highest BCUT2D eigenvalue weighted by molar-refractivity contribution is 14.0. The summed E-state index contributed by atoms with van der Waals surface area (Å²) < 4.78 is 31.3. The second-order valence-corrected chi connectivity index (χ2v) is 8.31. The van der Waals surface area contributed by atoms with E-state index in [-0.39, 0.29) is 36.3 Å². The number of aromatic nitrogens is 1. The van der Waals surface area contributed by atoms with Crippen LogP contribution >= 0.6 is 24.0 Å². The number of hydrogen-bond donors (Lipinski definition) is 3. The van der Waals surface area contributed by atoms with Crippen LogP contribution in [-0.2, 0) is 22.3 Å². The molecule has 1 aromatic heterocycles. The van der Waals surface area contributed by atoms with Crippen LogP contribution < -0.4 is 15.4 Å². The van der Waals surface area contributed by atoms with Crippen LogP contribution in [0.25, 0.3) is 0 Å². The van der Waals surface area contributed by atoms with Crippen molar-refractivity contribution < 1.29 is 12.9 Å². The van der Waals surface area contributed by atoms with Gasteiger partial charge in [0.15, 0.2) is 5.96 Å². The maximum absolute atomic E-state index is 12.0. The van der Waals surface area contributed by atoms with Crippen molar-refractivity contribution in [2.24, 2.45) is 4.99 Å². The molecular formula is C19H30IN5O3S. The van der Waals surface area contributed by atoms with Gasteiger partial charge >= 0.3 is 0 Å². The molecule has 0 amide bonds. The van der Waals surface area contributed by atoms with E-state index < -0.39 is 10.0 Å². The third kappa shape index (κ3) is 10.6. The zero-order valence-corrected chi connectivity index (χ0v) is 20.0. The van der Waals surface area contributed by atoms with Gasteiger partial charge in [-0.2, -0.15) is 0 Å². The highest BCUT2D eigenvalue weighted by atomic mass is 127. The topological polar surface area (TPSA) is 109 Å². The van der Waals surface area contributed by atoms with Gasteiger partial charge in [0.1, 0.15) is 12.0 Å². The van der Waals surface area contributed by atoms with Crippen molar-refractivity contribution in [1.82, 2.24) is 20.5 Å². The summed E-state index contributed by atoms with van der Waals surface area (Å²) in [5.74, 6) is 0.469. The Bertz CT molecular complexity index is 824. The molecule has 3 N–H and O–H groups in total. The molecule has 1 aromatic carbocycles. The molecular weight excluding hydrogens is 505 g/mol. The van der Waals surface area contributed by atoms with Crippen LogP contribution in [0.3, 0.4) is 0 Å². The van der Waals surface area contributed by atoms with Crippen molar-refractivity contribution in [3.63, 3.8) is 0 Å². The first-order chi connectivity index (χ1) is 13.5. The Morgan fingerprint density at radius 1 is 1.10 bits per heavy atom. The molecule has 0 aliphatic heterocycles. The Labute approximate surface area is 190 Å². The van der Waals surface area contributed by atoms with Gasteiger partial charge in [0.25, 0.3) is 0 Å². The van der Waals surface area contributed by atoms with Crippen molar-refractivity contribution in [2.45, 2.75) is 39.0 Å². The summed E-state index contributed by atoms with van der Waals surface area (Å²) in [6.07, 6.45) is 3.47. The molecule has 0 aliphatic rings. The van der Waals surface area contributed by atoms with Crippen LogP contribution in [0.5, 0.6) is 0 Å². The Kier molecular flexibility index (Phi) is 11.9. The molecule has 29 heavy (non-hydrogen) atoms. The van der Waals surface area contributed by atoms with Gasteiger partial charge in [-0.15, -0.1) is 24.0 Å². The fourth-order valence-corrected chi connectivity index (χ4v) is 3.42. The molecule has 8 nitrogen and oxygen atoms in total. The van der Waals surface area contributed by atoms with Gasteiger partial charge in [0.05, 0.1) is 12.2 Å². The molecule has 0 saturated heterocycles. The lowest BCUT2D eigenvalue weighted by Gasteiger charge is -2.13. The number of rotatable bonds is 11. The van der Waals surface area contributed by atoms with E-state index in [4.69, 9.17) is 0 Å². The van der Waals surface area contributed by atoms with Gasteiger partial charge in [0.2, 0.25) is 10.0 Å². The predicted molar refractivity (Wildman–Crippen MR) is 126 cm³/mol. The zero-order chi connectivity index (χ0) is 20.2. The first kappa shape index (κ1) is 25.4. The maximum Gasteiger partial charge on any atom is 0.217 e. The van der Waals surface area contributed by atoms with Crippen molar-refractivity contribution in [1.29, 1.82) is 0 Å². The highest BCUT2D eigenvalue weighted by Gasteiger charge is 2.12. The quantitative estimate of drug-likeness (QED) is 0.177. The second kappa shape index (κ2) is 13.5. The fraction of sp³-hybridized carbons (Fsp3) is 0.474. The summed E-state index contributed by atoms with van der Waals surface area (Å²) in [4.78, 5) is 4.59. The molecule has 0 fully saturated rings. The molecule has 2 rings (SSSR count). The third-order valence-corrected chi connectivity index (χ3v) is 5.25. The number of nitrogens with zero attached hydrogens (tertiary/aromatic N) is 2. The summed E-state index contributed by atoms with van der Waals surface area (Å²) in [6, 6.07) is 9.77. The first-order valence-corrected chi connectivity index (χ1v) is 11.1. The van der Waals surface area contributed by atoms with Gasteiger partial charge in [-0.25, -0.2) is 18.1 Å². The molecule has 0 saturated carbocycles. The molecule has 10 heteroatoms. The summed E-state index contributed by atoms with van der Waals surface area (Å²) in [5.41, 5.74) is 2.71. The summed E-state index contributed by atoms with van der Waals surface area (Å²) in [7, 11) is -3.46. The smallest absolute Gasteiger partial charge is 0.217 e. The van der Waals surface area contributed by atoms with Crippen molar-refractivity contribution >= 4 is 40.0 Å². The molecule has 1 heterocycles. The minimum atomic E-state index is -3.46. The zero-order valence-electron chi connectivity index (χ0n) is 16.8. The normalized spacial score (nSPS) is 11.7. The molecule has 2 aromatic rings. The van der Waals surface area contributed by atoms with Crippen molar-refractivity contribution in [3.8, 4) is 0 Å². The van der Waals surface area contributed by atoms with E-state index in [2.05, 4.69) is 68.1 Å². The number of unbranched alkanes of at least 4 members (excludes halogenated alkanes) is 1. The number of aryl methyl sites for hydroxylation is 1. The second-order valence-electron chi connectivity index (χ2n) is 6.50. The van der Waals surface area contributed by atoms with Crippen molar-refractivity contribution in [3.05, 3.63) is 53.4 Å². The number of sulfonamides is 1.